The van der Waals surface area contributed by atoms with Crippen LogP contribution in [0.2, 0.25) is 5.15 Å². The topological polar surface area (TPSA) is 47.9 Å². The molecule has 0 N–H and O–H groups in total. The lowest BCUT2D eigenvalue weighted by Gasteiger charge is -2.17. The van der Waals surface area contributed by atoms with Crippen molar-refractivity contribution in [3.63, 3.8) is 0 Å². The van der Waals surface area contributed by atoms with E-state index >= 15 is 0 Å². The van der Waals surface area contributed by atoms with E-state index in [1.54, 1.807) is 18.5 Å². The fraction of sp³-hybridized carbons (Fsp3) is 0.438. The molecule has 0 spiro atoms. The number of aromatic nitrogens is 3. The molecular weight excluding hydrogens is 286 g/mol. The van der Waals surface area contributed by atoms with Gasteiger partial charge in [0.2, 0.25) is 0 Å². The van der Waals surface area contributed by atoms with Crippen molar-refractivity contribution in [3.8, 4) is 17.0 Å². The Labute approximate surface area is 130 Å². The second-order valence-electron chi connectivity index (χ2n) is 5.91. The number of halogens is 1. The number of hydrogen-bond acceptors (Lipinski definition) is 4. The van der Waals surface area contributed by atoms with E-state index in [9.17, 15) is 0 Å². The Hall–Kier alpha value is -1.68. The van der Waals surface area contributed by atoms with Crippen LogP contribution >= 0.6 is 11.6 Å². The number of pyridine rings is 1. The lowest BCUT2D eigenvalue weighted by atomic mass is 9.95. The van der Waals surface area contributed by atoms with E-state index in [-0.39, 0.29) is 5.41 Å². The Bertz CT molecular complexity index is 623. The molecule has 2 aromatic rings. The minimum absolute atomic E-state index is 0.163. The predicted molar refractivity (Wildman–Crippen MR) is 84.8 cm³/mol. The van der Waals surface area contributed by atoms with Gasteiger partial charge in [-0.15, -0.1) is 0 Å². The van der Waals surface area contributed by atoms with Crippen molar-refractivity contribution >= 4 is 11.6 Å². The van der Waals surface area contributed by atoms with Gasteiger partial charge in [-0.05, 0) is 12.5 Å². The van der Waals surface area contributed by atoms with Gasteiger partial charge in [-0.25, -0.2) is 9.97 Å². The molecule has 0 bridgehead atoms. The van der Waals surface area contributed by atoms with Crippen LogP contribution in [0.1, 0.15) is 39.9 Å². The van der Waals surface area contributed by atoms with Crippen LogP contribution in [-0.2, 0) is 5.41 Å². The zero-order valence-corrected chi connectivity index (χ0v) is 13.6. The highest BCUT2D eigenvalue weighted by Crippen LogP contribution is 2.26. The second kappa shape index (κ2) is 6.39. The summed E-state index contributed by atoms with van der Waals surface area (Å²) >= 11 is 6.13. The molecule has 5 heteroatoms. The number of nitrogens with zero attached hydrogens (tertiary/aromatic N) is 3. The fourth-order valence-corrected chi connectivity index (χ4v) is 1.94. The van der Waals surface area contributed by atoms with Gasteiger partial charge in [0.05, 0.1) is 18.5 Å². The van der Waals surface area contributed by atoms with Crippen LogP contribution in [0.5, 0.6) is 5.75 Å². The monoisotopic (exact) mass is 305 g/mol. The van der Waals surface area contributed by atoms with E-state index in [0.29, 0.717) is 17.6 Å². The third kappa shape index (κ3) is 4.14. The first-order valence-corrected chi connectivity index (χ1v) is 7.41. The molecule has 0 aliphatic carbocycles. The molecule has 21 heavy (non-hydrogen) atoms. The van der Waals surface area contributed by atoms with Gasteiger partial charge in [0.1, 0.15) is 16.7 Å². The summed E-state index contributed by atoms with van der Waals surface area (Å²) in [5.41, 5.74) is 1.47. The van der Waals surface area contributed by atoms with Crippen molar-refractivity contribution in [2.24, 2.45) is 0 Å². The zero-order chi connectivity index (χ0) is 15.5. The fourth-order valence-electron chi connectivity index (χ4n) is 1.76. The van der Waals surface area contributed by atoms with Crippen molar-refractivity contribution in [3.05, 3.63) is 35.5 Å². The number of rotatable bonds is 4. The highest BCUT2D eigenvalue weighted by molar-refractivity contribution is 6.29. The van der Waals surface area contributed by atoms with E-state index in [1.165, 1.54) is 0 Å². The van der Waals surface area contributed by atoms with Gasteiger partial charge in [-0.3, -0.25) is 4.98 Å². The Morgan fingerprint density at radius 1 is 1.14 bits per heavy atom. The molecule has 2 heterocycles. The molecule has 0 aliphatic rings. The first-order chi connectivity index (χ1) is 9.90. The van der Waals surface area contributed by atoms with E-state index in [4.69, 9.17) is 16.3 Å². The Morgan fingerprint density at radius 2 is 1.90 bits per heavy atom. The van der Waals surface area contributed by atoms with Crippen LogP contribution in [0.25, 0.3) is 11.3 Å². The lowest BCUT2D eigenvalue weighted by Crippen LogP contribution is -2.16. The van der Waals surface area contributed by atoms with E-state index in [1.807, 2.05) is 6.07 Å². The molecule has 4 nitrogen and oxygen atoms in total. The summed E-state index contributed by atoms with van der Waals surface area (Å²) in [7, 11) is 0. The summed E-state index contributed by atoms with van der Waals surface area (Å²) in [5.74, 6) is 1.45. The van der Waals surface area contributed by atoms with Crippen molar-refractivity contribution in [1.29, 1.82) is 0 Å². The predicted octanol–water partition coefficient (Wildman–Crippen LogP) is 4.28. The van der Waals surface area contributed by atoms with Gasteiger partial charge in [-0.1, -0.05) is 39.3 Å². The highest BCUT2D eigenvalue weighted by atomic mass is 35.5. The summed E-state index contributed by atoms with van der Waals surface area (Å²) in [6, 6.07) is 3.67. The van der Waals surface area contributed by atoms with Crippen LogP contribution < -0.4 is 4.74 Å². The average Bonchev–Trinajstić information content (AvgIpc) is 2.44. The Kier molecular flexibility index (Phi) is 4.78. The minimum Gasteiger partial charge on any atom is -0.492 e. The van der Waals surface area contributed by atoms with Crippen molar-refractivity contribution in [2.75, 3.05) is 6.61 Å². The molecule has 2 rings (SSSR count). The third-order valence-electron chi connectivity index (χ3n) is 2.85. The first-order valence-electron chi connectivity index (χ1n) is 7.03. The van der Waals surface area contributed by atoms with Crippen molar-refractivity contribution in [1.82, 2.24) is 15.0 Å². The summed E-state index contributed by atoms with van der Waals surface area (Å²) < 4.78 is 5.61. The van der Waals surface area contributed by atoms with Crippen molar-refractivity contribution < 1.29 is 4.74 Å². The minimum atomic E-state index is -0.163. The van der Waals surface area contributed by atoms with Crippen LogP contribution in [-0.4, -0.2) is 21.6 Å². The molecule has 0 fully saturated rings. The Balaban J connectivity index is 2.40. The maximum absolute atomic E-state index is 6.13. The highest BCUT2D eigenvalue weighted by Gasteiger charge is 2.19. The standard InChI is InChI=1S/C16H20ClN3O/c1-5-6-21-12-7-11(9-18-10-12)13-8-14(17)20-15(19-13)16(2,3)4/h7-10H,5-6H2,1-4H3. The van der Waals surface area contributed by atoms with Gasteiger partial charge in [-0.2, -0.15) is 0 Å². The summed E-state index contributed by atoms with van der Waals surface area (Å²) in [5, 5.41) is 0.435. The van der Waals surface area contributed by atoms with Crippen molar-refractivity contribution in [2.45, 2.75) is 39.5 Å². The SMILES string of the molecule is CCCOc1cncc(-c2cc(Cl)nc(C(C)(C)C)n2)c1. The van der Waals surface area contributed by atoms with Crippen LogP contribution in [0.4, 0.5) is 0 Å². The summed E-state index contributed by atoms with van der Waals surface area (Å²) in [4.78, 5) is 13.1. The van der Waals surface area contributed by atoms with Gasteiger partial charge < -0.3 is 4.74 Å². The van der Waals surface area contributed by atoms with E-state index in [0.717, 1.165) is 23.4 Å². The number of ether oxygens (including phenoxy) is 1. The second-order valence-corrected chi connectivity index (χ2v) is 6.29. The first kappa shape index (κ1) is 15.7. The smallest absolute Gasteiger partial charge is 0.138 e. The molecule has 112 valence electrons. The molecular formula is C16H20ClN3O. The average molecular weight is 306 g/mol. The van der Waals surface area contributed by atoms with Gasteiger partial charge in [0.15, 0.2) is 0 Å². The van der Waals surface area contributed by atoms with Gasteiger partial charge in [0.25, 0.3) is 0 Å². The van der Waals surface area contributed by atoms with Crippen LogP contribution in [0, 0.1) is 0 Å². The molecule has 0 radical (unpaired) electrons. The molecule has 0 atom stereocenters. The molecule has 0 amide bonds. The van der Waals surface area contributed by atoms with Gasteiger partial charge >= 0.3 is 0 Å². The normalized spacial score (nSPS) is 11.5. The maximum atomic E-state index is 6.13. The molecule has 0 aromatic carbocycles. The molecule has 0 aliphatic heterocycles. The molecule has 0 saturated heterocycles. The molecule has 0 unspecified atom stereocenters. The molecule has 0 saturated carbocycles. The summed E-state index contributed by atoms with van der Waals surface area (Å²) in [6.07, 6.45) is 4.41. The van der Waals surface area contributed by atoms with Crippen LogP contribution in [0.15, 0.2) is 24.5 Å². The zero-order valence-electron chi connectivity index (χ0n) is 12.9. The summed E-state index contributed by atoms with van der Waals surface area (Å²) in [6.45, 7) is 8.91. The largest absolute Gasteiger partial charge is 0.492 e. The number of hydrogen-bond donors (Lipinski definition) is 0. The third-order valence-corrected chi connectivity index (χ3v) is 3.04. The van der Waals surface area contributed by atoms with E-state index in [2.05, 4.69) is 42.6 Å². The molecule has 2 aromatic heterocycles. The van der Waals surface area contributed by atoms with Crippen LogP contribution in [0.3, 0.4) is 0 Å². The maximum Gasteiger partial charge on any atom is 0.138 e. The van der Waals surface area contributed by atoms with E-state index < -0.39 is 0 Å². The Morgan fingerprint density at radius 3 is 2.57 bits per heavy atom. The quantitative estimate of drug-likeness (QED) is 0.791. The lowest BCUT2D eigenvalue weighted by molar-refractivity contribution is 0.316. The van der Waals surface area contributed by atoms with Gasteiger partial charge in [0, 0.05) is 23.2 Å².